The molecule has 1 fully saturated rings. The standard InChI is InChI=1S/C8H12N4S/c9-6-5-7(11-8(13)10-6)12-3-1-2-4-12/h5H,1-4H2,(H3,9,10,11,13). The number of H-pyrrole nitrogens is 1. The second-order valence-corrected chi connectivity index (χ2v) is 3.58. The van der Waals surface area contributed by atoms with Crippen molar-refractivity contribution in [3.63, 3.8) is 0 Å². The molecule has 1 saturated heterocycles. The minimum absolute atomic E-state index is 0.460. The molecule has 0 aliphatic carbocycles. The summed E-state index contributed by atoms with van der Waals surface area (Å²) in [4.78, 5) is 9.22. The lowest BCUT2D eigenvalue weighted by atomic mass is 10.4. The topological polar surface area (TPSA) is 57.9 Å². The van der Waals surface area contributed by atoms with Crippen LogP contribution in [0.2, 0.25) is 0 Å². The molecule has 0 amide bonds. The average molecular weight is 196 g/mol. The molecule has 0 radical (unpaired) electrons. The van der Waals surface area contributed by atoms with Crippen LogP contribution in [0.4, 0.5) is 11.6 Å². The number of nitrogens with two attached hydrogens (primary N) is 1. The van der Waals surface area contributed by atoms with Crippen LogP contribution in [0.3, 0.4) is 0 Å². The fourth-order valence-corrected chi connectivity index (χ4v) is 1.78. The predicted octanol–water partition coefficient (Wildman–Crippen LogP) is 1.32. The van der Waals surface area contributed by atoms with Gasteiger partial charge in [0.05, 0.1) is 0 Å². The predicted molar refractivity (Wildman–Crippen MR) is 55.3 cm³/mol. The van der Waals surface area contributed by atoms with Crippen molar-refractivity contribution >= 4 is 23.9 Å². The summed E-state index contributed by atoms with van der Waals surface area (Å²) < 4.78 is 0.460. The third kappa shape index (κ3) is 1.80. The van der Waals surface area contributed by atoms with E-state index in [4.69, 9.17) is 18.0 Å². The van der Waals surface area contributed by atoms with Gasteiger partial charge in [0, 0.05) is 19.2 Å². The van der Waals surface area contributed by atoms with Crippen LogP contribution < -0.4 is 10.6 Å². The second kappa shape index (κ2) is 3.33. The lowest BCUT2D eigenvalue weighted by Gasteiger charge is -2.15. The number of hydrogen-bond acceptors (Lipinski definition) is 4. The molecule has 2 heterocycles. The Labute approximate surface area is 81.8 Å². The number of rotatable bonds is 1. The van der Waals surface area contributed by atoms with Crippen molar-refractivity contribution in [1.82, 2.24) is 9.97 Å². The van der Waals surface area contributed by atoms with Gasteiger partial charge in [0.2, 0.25) is 0 Å². The number of aromatic nitrogens is 2. The van der Waals surface area contributed by atoms with Crippen LogP contribution in [0.25, 0.3) is 0 Å². The number of nitrogens with zero attached hydrogens (tertiary/aromatic N) is 2. The zero-order valence-corrected chi connectivity index (χ0v) is 8.10. The smallest absolute Gasteiger partial charge is 0.200 e. The fourth-order valence-electron chi connectivity index (χ4n) is 1.57. The van der Waals surface area contributed by atoms with E-state index in [1.807, 2.05) is 6.07 Å². The highest BCUT2D eigenvalue weighted by Crippen LogP contribution is 2.18. The summed E-state index contributed by atoms with van der Waals surface area (Å²) in [5.74, 6) is 1.49. The maximum Gasteiger partial charge on any atom is 0.200 e. The van der Waals surface area contributed by atoms with Gasteiger partial charge in [-0.2, -0.15) is 0 Å². The number of hydrogen-bond donors (Lipinski definition) is 2. The molecule has 1 aromatic heterocycles. The van der Waals surface area contributed by atoms with Gasteiger partial charge in [0.25, 0.3) is 0 Å². The molecular weight excluding hydrogens is 184 g/mol. The van der Waals surface area contributed by atoms with Crippen LogP contribution in [0.5, 0.6) is 0 Å². The molecule has 3 N–H and O–H groups in total. The van der Waals surface area contributed by atoms with Gasteiger partial charge in [0.15, 0.2) is 4.77 Å². The van der Waals surface area contributed by atoms with E-state index < -0.39 is 0 Å². The van der Waals surface area contributed by atoms with Gasteiger partial charge in [-0.25, -0.2) is 4.98 Å². The van der Waals surface area contributed by atoms with Crippen LogP contribution in [0.15, 0.2) is 6.07 Å². The summed E-state index contributed by atoms with van der Waals surface area (Å²) >= 11 is 4.95. The summed E-state index contributed by atoms with van der Waals surface area (Å²) in [5.41, 5.74) is 5.64. The molecule has 0 atom stereocenters. The van der Waals surface area contributed by atoms with Gasteiger partial charge < -0.3 is 15.6 Å². The van der Waals surface area contributed by atoms with Crippen molar-refractivity contribution < 1.29 is 0 Å². The summed E-state index contributed by atoms with van der Waals surface area (Å²) in [6.07, 6.45) is 2.46. The number of nitrogen functional groups attached to an aromatic ring is 1. The van der Waals surface area contributed by atoms with Crippen molar-refractivity contribution in [3.05, 3.63) is 10.8 Å². The molecule has 0 saturated carbocycles. The third-order valence-electron chi connectivity index (χ3n) is 2.18. The highest BCUT2D eigenvalue weighted by Gasteiger charge is 2.13. The third-order valence-corrected chi connectivity index (χ3v) is 2.38. The molecule has 2 rings (SSSR count). The largest absolute Gasteiger partial charge is 0.385 e. The van der Waals surface area contributed by atoms with Gasteiger partial charge in [-0.05, 0) is 25.1 Å². The SMILES string of the molecule is Nc1cc(N2CCCC2)nc(=S)[nH]1. The molecule has 1 aromatic rings. The molecular formula is C8H12N4S. The Morgan fingerprint density at radius 3 is 2.77 bits per heavy atom. The van der Waals surface area contributed by atoms with E-state index >= 15 is 0 Å². The van der Waals surface area contributed by atoms with Gasteiger partial charge in [0.1, 0.15) is 11.6 Å². The van der Waals surface area contributed by atoms with E-state index in [1.165, 1.54) is 12.8 Å². The van der Waals surface area contributed by atoms with Crippen molar-refractivity contribution in [1.29, 1.82) is 0 Å². The average Bonchev–Trinajstić information content (AvgIpc) is 2.53. The summed E-state index contributed by atoms with van der Waals surface area (Å²) in [7, 11) is 0. The zero-order chi connectivity index (χ0) is 9.26. The quantitative estimate of drug-likeness (QED) is 0.665. The monoisotopic (exact) mass is 196 g/mol. The van der Waals surface area contributed by atoms with Crippen molar-refractivity contribution in [2.75, 3.05) is 23.7 Å². The van der Waals surface area contributed by atoms with E-state index in [1.54, 1.807) is 0 Å². The molecule has 0 spiro atoms. The fraction of sp³-hybridized carbons (Fsp3) is 0.500. The Morgan fingerprint density at radius 1 is 1.46 bits per heavy atom. The highest BCUT2D eigenvalue weighted by molar-refractivity contribution is 7.71. The van der Waals surface area contributed by atoms with Crippen molar-refractivity contribution in [3.8, 4) is 0 Å². The zero-order valence-electron chi connectivity index (χ0n) is 7.29. The minimum atomic E-state index is 0.460. The van der Waals surface area contributed by atoms with Gasteiger partial charge in [-0.1, -0.05) is 0 Å². The first kappa shape index (κ1) is 8.50. The van der Waals surface area contributed by atoms with Crippen LogP contribution in [0.1, 0.15) is 12.8 Å². The lowest BCUT2D eigenvalue weighted by molar-refractivity contribution is 0.924. The second-order valence-electron chi connectivity index (χ2n) is 3.19. The summed E-state index contributed by atoms with van der Waals surface area (Å²) in [6, 6.07) is 1.83. The minimum Gasteiger partial charge on any atom is -0.385 e. The van der Waals surface area contributed by atoms with E-state index in [0.717, 1.165) is 18.9 Å². The molecule has 0 aromatic carbocycles. The molecule has 1 aliphatic heterocycles. The molecule has 4 nitrogen and oxygen atoms in total. The van der Waals surface area contributed by atoms with Gasteiger partial charge >= 0.3 is 0 Å². The maximum atomic E-state index is 5.64. The molecule has 70 valence electrons. The van der Waals surface area contributed by atoms with E-state index in [2.05, 4.69) is 14.9 Å². The first-order valence-corrected chi connectivity index (χ1v) is 4.78. The van der Waals surface area contributed by atoms with Crippen LogP contribution in [0, 0.1) is 4.77 Å². The molecule has 0 bridgehead atoms. The van der Waals surface area contributed by atoms with E-state index in [9.17, 15) is 0 Å². The Kier molecular flexibility index (Phi) is 2.18. The molecule has 5 heteroatoms. The van der Waals surface area contributed by atoms with Crippen LogP contribution in [-0.4, -0.2) is 23.1 Å². The lowest BCUT2D eigenvalue weighted by Crippen LogP contribution is -2.19. The van der Waals surface area contributed by atoms with E-state index in [-0.39, 0.29) is 0 Å². The van der Waals surface area contributed by atoms with Crippen LogP contribution >= 0.6 is 12.2 Å². The van der Waals surface area contributed by atoms with E-state index in [0.29, 0.717) is 10.6 Å². The summed E-state index contributed by atoms with van der Waals surface area (Å²) in [6.45, 7) is 2.12. The van der Waals surface area contributed by atoms with Crippen molar-refractivity contribution in [2.24, 2.45) is 0 Å². The summed E-state index contributed by atoms with van der Waals surface area (Å²) in [5, 5.41) is 0. The first-order chi connectivity index (χ1) is 6.25. The molecule has 13 heavy (non-hydrogen) atoms. The number of anilines is 2. The Morgan fingerprint density at radius 2 is 2.15 bits per heavy atom. The highest BCUT2D eigenvalue weighted by atomic mass is 32.1. The maximum absolute atomic E-state index is 5.64. The Bertz CT molecular complexity index is 353. The van der Waals surface area contributed by atoms with Gasteiger partial charge in [-0.15, -0.1) is 0 Å². The Hall–Kier alpha value is -1.10. The van der Waals surface area contributed by atoms with Gasteiger partial charge in [-0.3, -0.25) is 0 Å². The number of nitrogens with one attached hydrogen (secondary N) is 1. The Balaban J connectivity index is 2.33. The van der Waals surface area contributed by atoms with Crippen molar-refractivity contribution in [2.45, 2.75) is 12.8 Å². The number of aromatic amines is 1. The normalized spacial score (nSPS) is 16.5. The first-order valence-electron chi connectivity index (χ1n) is 4.37. The van der Waals surface area contributed by atoms with Crippen LogP contribution in [-0.2, 0) is 0 Å². The molecule has 0 unspecified atom stereocenters. The molecule has 1 aliphatic rings.